The number of H-pyrrole nitrogens is 1. The van der Waals surface area contributed by atoms with Gasteiger partial charge in [0.2, 0.25) is 11.7 Å². The van der Waals surface area contributed by atoms with Crippen molar-refractivity contribution in [1.29, 1.82) is 5.26 Å². The van der Waals surface area contributed by atoms with Crippen molar-refractivity contribution < 1.29 is 4.42 Å². The average molecular weight is 385 g/mol. The molecule has 0 aliphatic rings. The lowest BCUT2D eigenvalue weighted by atomic mass is 9.87. The van der Waals surface area contributed by atoms with E-state index in [1.165, 1.54) is 11.8 Å². The SMILES string of the molecule is CC(C)(C)c1ccc(-c2nc3cc(NC=C(C#N)c4nn[nH]n4)ccc3o2)cc1. The van der Waals surface area contributed by atoms with Gasteiger partial charge in [0.1, 0.15) is 17.2 Å². The zero-order valence-electron chi connectivity index (χ0n) is 16.3. The normalized spacial score (nSPS) is 12.1. The molecule has 4 rings (SSSR count). The van der Waals surface area contributed by atoms with Gasteiger partial charge in [0.05, 0.1) is 0 Å². The van der Waals surface area contributed by atoms with E-state index in [-0.39, 0.29) is 16.8 Å². The Morgan fingerprint density at radius 2 is 1.97 bits per heavy atom. The second kappa shape index (κ2) is 7.20. The Hall–Kier alpha value is -3.99. The van der Waals surface area contributed by atoms with Crippen LogP contribution in [0, 0.1) is 11.3 Å². The van der Waals surface area contributed by atoms with Crippen LogP contribution in [0.4, 0.5) is 5.69 Å². The maximum absolute atomic E-state index is 9.24. The number of allylic oxidation sites excluding steroid dienone is 1. The van der Waals surface area contributed by atoms with Crippen LogP contribution >= 0.6 is 0 Å². The summed E-state index contributed by atoms with van der Waals surface area (Å²) in [5.41, 5.74) is 4.70. The minimum atomic E-state index is 0.0949. The molecule has 0 atom stereocenters. The van der Waals surface area contributed by atoms with E-state index < -0.39 is 0 Å². The summed E-state index contributed by atoms with van der Waals surface area (Å²) in [7, 11) is 0. The molecule has 29 heavy (non-hydrogen) atoms. The van der Waals surface area contributed by atoms with E-state index in [4.69, 9.17) is 4.42 Å². The van der Waals surface area contributed by atoms with Crippen molar-refractivity contribution in [1.82, 2.24) is 25.6 Å². The first-order valence-corrected chi connectivity index (χ1v) is 9.06. The van der Waals surface area contributed by atoms with E-state index in [9.17, 15) is 5.26 Å². The van der Waals surface area contributed by atoms with Gasteiger partial charge in [-0.3, -0.25) is 0 Å². The number of nitrogens with one attached hydrogen (secondary N) is 2. The van der Waals surface area contributed by atoms with Gasteiger partial charge in [-0.05, 0) is 46.5 Å². The Morgan fingerprint density at radius 3 is 2.62 bits per heavy atom. The Balaban J connectivity index is 1.59. The molecule has 0 bridgehead atoms. The van der Waals surface area contributed by atoms with Gasteiger partial charge in [-0.15, -0.1) is 10.2 Å². The van der Waals surface area contributed by atoms with Crippen molar-refractivity contribution in [2.24, 2.45) is 0 Å². The fourth-order valence-electron chi connectivity index (χ4n) is 2.83. The molecule has 8 heteroatoms. The number of nitriles is 1. The number of benzene rings is 2. The minimum Gasteiger partial charge on any atom is -0.436 e. The highest BCUT2D eigenvalue weighted by Gasteiger charge is 2.15. The third-order valence-corrected chi connectivity index (χ3v) is 4.48. The topological polar surface area (TPSA) is 116 Å². The second-order valence-electron chi connectivity index (χ2n) is 7.58. The first-order chi connectivity index (χ1) is 13.9. The van der Waals surface area contributed by atoms with Crippen molar-refractivity contribution in [3.63, 3.8) is 0 Å². The molecule has 0 aliphatic heterocycles. The average Bonchev–Trinajstić information content (AvgIpc) is 3.37. The number of fused-ring (bicyclic) bond motifs is 1. The van der Waals surface area contributed by atoms with Gasteiger partial charge in [-0.2, -0.15) is 10.5 Å². The smallest absolute Gasteiger partial charge is 0.227 e. The van der Waals surface area contributed by atoms with Crippen LogP contribution < -0.4 is 5.32 Å². The van der Waals surface area contributed by atoms with Crippen LogP contribution in [-0.4, -0.2) is 25.6 Å². The van der Waals surface area contributed by atoms with Gasteiger partial charge in [-0.1, -0.05) is 32.9 Å². The molecule has 8 nitrogen and oxygen atoms in total. The van der Waals surface area contributed by atoms with Crippen molar-refractivity contribution >= 4 is 22.4 Å². The maximum atomic E-state index is 9.24. The van der Waals surface area contributed by atoms with E-state index in [1.807, 2.05) is 36.4 Å². The van der Waals surface area contributed by atoms with Crippen molar-refractivity contribution in [2.75, 3.05) is 5.32 Å². The number of aromatic amines is 1. The van der Waals surface area contributed by atoms with E-state index >= 15 is 0 Å². The molecule has 144 valence electrons. The summed E-state index contributed by atoms with van der Waals surface area (Å²) >= 11 is 0. The Morgan fingerprint density at radius 1 is 1.17 bits per heavy atom. The zero-order valence-corrected chi connectivity index (χ0v) is 16.3. The molecule has 2 heterocycles. The molecule has 0 fully saturated rings. The molecule has 0 aliphatic carbocycles. The molecular weight excluding hydrogens is 366 g/mol. The number of aromatic nitrogens is 5. The molecule has 2 N–H and O–H groups in total. The predicted molar refractivity (Wildman–Crippen MR) is 110 cm³/mol. The summed E-state index contributed by atoms with van der Waals surface area (Å²) in [6, 6.07) is 15.8. The molecular formula is C21H19N7O. The molecule has 4 aromatic rings. The van der Waals surface area contributed by atoms with Gasteiger partial charge in [0.15, 0.2) is 5.58 Å². The quantitative estimate of drug-likeness (QED) is 0.504. The summed E-state index contributed by atoms with van der Waals surface area (Å²) < 4.78 is 5.90. The van der Waals surface area contributed by atoms with Crippen LogP contribution in [0.25, 0.3) is 28.1 Å². The van der Waals surface area contributed by atoms with Crippen LogP contribution in [0.5, 0.6) is 0 Å². The second-order valence-corrected chi connectivity index (χ2v) is 7.58. The van der Waals surface area contributed by atoms with Gasteiger partial charge in [0.25, 0.3) is 0 Å². The van der Waals surface area contributed by atoms with Gasteiger partial charge in [-0.25, -0.2) is 4.98 Å². The monoisotopic (exact) mass is 385 g/mol. The fraction of sp³-hybridized carbons (Fsp3) is 0.190. The van der Waals surface area contributed by atoms with Gasteiger partial charge < -0.3 is 9.73 Å². The zero-order chi connectivity index (χ0) is 20.4. The van der Waals surface area contributed by atoms with E-state index in [2.05, 4.69) is 63.8 Å². The number of anilines is 1. The van der Waals surface area contributed by atoms with Gasteiger partial charge in [0, 0.05) is 17.5 Å². The number of rotatable bonds is 4. The molecule has 2 aromatic carbocycles. The predicted octanol–water partition coefficient (Wildman–Crippen LogP) is 4.28. The highest BCUT2D eigenvalue weighted by atomic mass is 16.3. The molecule has 0 unspecified atom stereocenters. The largest absolute Gasteiger partial charge is 0.436 e. The first-order valence-electron chi connectivity index (χ1n) is 9.06. The minimum absolute atomic E-state index is 0.0949. The van der Waals surface area contributed by atoms with Crippen LogP contribution in [-0.2, 0) is 5.41 Å². The first kappa shape index (κ1) is 18.4. The summed E-state index contributed by atoms with van der Waals surface area (Å²) in [5, 5.41) is 25.7. The standard InChI is InChI=1S/C21H19N7O/c1-21(2,3)15-6-4-13(5-7-15)20-24-17-10-16(8-9-18(17)29-20)23-12-14(11-22)19-25-27-28-26-19/h4-10,12,23H,1-3H3,(H,25,26,27,28). The highest BCUT2D eigenvalue weighted by molar-refractivity contribution is 5.81. The molecule has 0 spiro atoms. The van der Waals surface area contributed by atoms with Crippen LogP contribution in [0.15, 0.2) is 53.1 Å². The Kier molecular flexibility index (Phi) is 4.56. The molecule has 0 radical (unpaired) electrons. The van der Waals surface area contributed by atoms with E-state index in [0.29, 0.717) is 11.5 Å². The van der Waals surface area contributed by atoms with E-state index in [1.54, 1.807) is 0 Å². The van der Waals surface area contributed by atoms with Crippen LogP contribution in [0.3, 0.4) is 0 Å². The lowest BCUT2D eigenvalue weighted by Crippen LogP contribution is -2.10. The summed E-state index contributed by atoms with van der Waals surface area (Å²) in [4.78, 5) is 4.60. The van der Waals surface area contributed by atoms with Crippen molar-refractivity contribution in [3.8, 4) is 17.5 Å². The molecule has 2 aromatic heterocycles. The number of nitrogens with zero attached hydrogens (tertiary/aromatic N) is 5. The third-order valence-electron chi connectivity index (χ3n) is 4.48. The summed E-state index contributed by atoms with van der Waals surface area (Å²) in [6.07, 6.45) is 1.53. The van der Waals surface area contributed by atoms with Crippen molar-refractivity contribution in [3.05, 3.63) is 60.1 Å². The third kappa shape index (κ3) is 3.84. The Labute approximate surface area is 167 Å². The van der Waals surface area contributed by atoms with Crippen LogP contribution in [0.1, 0.15) is 32.2 Å². The lowest BCUT2D eigenvalue weighted by Gasteiger charge is -2.18. The van der Waals surface area contributed by atoms with Crippen LogP contribution in [0.2, 0.25) is 0 Å². The van der Waals surface area contributed by atoms with E-state index in [0.717, 1.165) is 16.8 Å². The molecule has 0 amide bonds. The lowest BCUT2D eigenvalue weighted by molar-refractivity contribution is 0.589. The summed E-state index contributed by atoms with van der Waals surface area (Å²) in [5.74, 6) is 0.793. The maximum Gasteiger partial charge on any atom is 0.227 e. The van der Waals surface area contributed by atoms with Gasteiger partial charge >= 0.3 is 0 Å². The highest BCUT2D eigenvalue weighted by Crippen LogP contribution is 2.29. The number of hydrogen-bond acceptors (Lipinski definition) is 7. The number of hydrogen-bond donors (Lipinski definition) is 2. The summed E-state index contributed by atoms with van der Waals surface area (Å²) in [6.45, 7) is 6.54. The molecule has 0 saturated carbocycles. The Bertz CT molecular complexity index is 1210. The number of tetrazole rings is 1. The molecule has 0 saturated heterocycles. The number of oxazole rings is 1. The van der Waals surface area contributed by atoms with Crippen molar-refractivity contribution in [2.45, 2.75) is 26.2 Å². The fourth-order valence-corrected chi connectivity index (χ4v) is 2.83.